The van der Waals surface area contributed by atoms with Gasteiger partial charge in [0.15, 0.2) is 0 Å². The lowest BCUT2D eigenvalue weighted by Gasteiger charge is -2.36. The summed E-state index contributed by atoms with van der Waals surface area (Å²) in [6, 6.07) is 10.7. The van der Waals surface area contributed by atoms with Gasteiger partial charge in [0, 0.05) is 18.3 Å². The lowest BCUT2D eigenvalue weighted by molar-refractivity contribution is -0.0912. The molecule has 0 radical (unpaired) electrons. The predicted molar refractivity (Wildman–Crippen MR) is 111 cm³/mol. The highest BCUT2D eigenvalue weighted by Crippen LogP contribution is 2.23. The molecule has 2 N–H and O–H groups in total. The largest absolute Gasteiger partial charge is 0.394 e. The van der Waals surface area contributed by atoms with E-state index >= 15 is 0 Å². The molecule has 8 nitrogen and oxygen atoms in total. The van der Waals surface area contributed by atoms with Crippen LogP contribution in [-0.2, 0) is 11.3 Å². The predicted octanol–water partition coefficient (Wildman–Crippen LogP) is 2.21. The second-order valence-electron chi connectivity index (χ2n) is 7.51. The Balaban J connectivity index is 1.29. The number of hydrogen-bond acceptors (Lipinski definition) is 6. The second kappa shape index (κ2) is 9.76. The Morgan fingerprint density at radius 2 is 2.03 bits per heavy atom. The number of aliphatic hydroxyl groups is 1. The van der Waals surface area contributed by atoms with Crippen molar-refractivity contribution in [2.75, 3.05) is 6.61 Å². The molecular formula is C22H24FN5O3. The van der Waals surface area contributed by atoms with Crippen molar-refractivity contribution in [2.24, 2.45) is 0 Å². The van der Waals surface area contributed by atoms with Crippen molar-refractivity contribution < 1.29 is 19.0 Å². The van der Waals surface area contributed by atoms with Gasteiger partial charge in [-0.05, 0) is 55.7 Å². The van der Waals surface area contributed by atoms with Gasteiger partial charge in [-0.15, -0.1) is 5.10 Å². The van der Waals surface area contributed by atoms with E-state index in [0.717, 1.165) is 12.1 Å². The number of amides is 1. The Bertz CT molecular complexity index is 996. The quantitative estimate of drug-likeness (QED) is 0.602. The van der Waals surface area contributed by atoms with E-state index < -0.39 is 11.9 Å². The summed E-state index contributed by atoms with van der Waals surface area (Å²) in [6.07, 6.45) is 5.14. The highest BCUT2D eigenvalue weighted by Gasteiger charge is 2.32. The zero-order valence-electron chi connectivity index (χ0n) is 16.9. The third-order valence-corrected chi connectivity index (χ3v) is 5.36. The molecule has 1 aliphatic heterocycles. The van der Waals surface area contributed by atoms with Gasteiger partial charge >= 0.3 is 0 Å². The number of pyridine rings is 1. The second-order valence-corrected chi connectivity index (χ2v) is 7.51. The van der Waals surface area contributed by atoms with E-state index in [-0.39, 0.29) is 24.7 Å². The van der Waals surface area contributed by atoms with E-state index in [1.165, 1.54) is 24.3 Å². The number of aliphatic hydroxyl groups excluding tert-OH is 1. The molecule has 0 spiro atoms. The van der Waals surface area contributed by atoms with E-state index in [4.69, 9.17) is 4.74 Å². The third kappa shape index (κ3) is 5.31. The molecule has 3 aromatic rings. The molecule has 1 amide bonds. The van der Waals surface area contributed by atoms with E-state index in [0.29, 0.717) is 30.6 Å². The van der Waals surface area contributed by atoms with E-state index in [1.807, 2.05) is 24.4 Å². The SMILES string of the molecule is O=C(N[C@H]1CC[C@H](CCn2cc(-c3ccccn3)nn2)O[C@@H]1CO)c1ccc(F)cc1. The zero-order chi connectivity index (χ0) is 21.6. The van der Waals surface area contributed by atoms with Crippen LogP contribution in [0.1, 0.15) is 29.6 Å². The van der Waals surface area contributed by atoms with Gasteiger partial charge in [-0.3, -0.25) is 14.5 Å². The number of carbonyl (C=O) groups excluding carboxylic acids is 1. The van der Waals surface area contributed by atoms with Gasteiger partial charge in [-0.25, -0.2) is 4.39 Å². The van der Waals surface area contributed by atoms with Crippen molar-refractivity contribution >= 4 is 5.91 Å². The topological polar surface area (TPSA) is 102 Å². The molecular weight excluding hydrogens is 401 g/mol. The summed E-state index contributed by atoms with van der Waals surface area (Å²) in [5.74, 6) is -0.705. The highest BCUT2D eigenvalue weighted by molar-refractivity contribution is 5.94. The number of aryl methyl sites for hydroxylation is 1. The highest BCUT2D eigenvalue weighted by atomic mass is 19.1. The lowest BCUT2D eigenvalue weighted by Crippen LogP contribution is -2.51. The fourth-order valence-corrected chi connectivity index (χ4v) is 3.68. The molecule has 31 heavy (non-hydrogen) atoms. The van der Waals surface area contributed by atoms with Crippen LogP contribution in [0.3, 0.4) is 0 Å². The van der Waals surface area contributed by atoms with E-state index in [9.17, 15) is 14.3 Å². The smallest absolute Gasteiger partial charge is 0.251 e. The molecule has 1 saturated heterocycles. The fourth-order valence-electron chi connectivity index (χ4n) is 3.68. The number of carbonyl (C=O) groups is 1. The maximum atomic E-state index is 13.1. The first-order valence-electron chi connectivity index (χ1n) is 10.3. The van der Waals surface area contributed by atoms with Crippen LogP contribution < -0.4 is 5.32 Å². The minimum atomic E-state index is -0.497. The number of ether oxygens (including phenoxy) is 1. The van der Waals surface area contributed by atoms with Crippen LogP contribution in [0.4, 0.5) is 4.39 Å². The number of benzene rings is 1. The Morgan fingerprint density at radius 1 is 1.19 bits per heavy atom. The Kier molecular flexibility index (Phi) is 6.63. The average Bonchev–Trinajstić information content (AvgIpc) is 3.28. The van der Waals surface area contributed by atoms with Crippen LogP contribution in [-0.4, -0.2) is 55.8 Å². The fraction of sp³-hybridized carbons (Fsp3) is 0.364. The molecule has 4 rings (SSSR count). The standard InChI is InChI=1S/C22H24FN5O3/c23-16-6-4-15(5-7-16)22(30)25-19-9-8-17(31-21(19)14-29)10-12-28-13-20(26-27-28)18-3-1-2-11-24-18/h1-7,11,13,17,19,21,29H,8-10,12,14H2,(H,25,30)/t17-,19+,21-/m1/s1. The third-order valence-electron chi connectivity index (χ3n) is 5.36. The van der Waals surface area contributed by atoms with E-state index in [2.05, 4.69) is 20.6 Å². The van der Waals surface area contributed by atoms with Crippen LogP contribution in [0.5, 0.6) is 0 Å². The van der Waals surface area contributed by atoms with Crippen molar-refractivity contribution in [3.05, 3.63) is 66.2 Å². The number of nitrogens with one attached hydrogen (secondary N) is 1. The van der Waals surface area contributed by atoms with Crippen molar-refractivity contribution in [2.45, 2.75) is 44.1 Å². The van der Waals surface area contributed by atoms with Crippen LogP contribution in [0.2, 0.25) is 0 Å². The van der Waals surface area contributed by atoms with Gasteiger partial charge in [0.1, 0.15) is 17.6 Å². The van der Waals surface area contributed by atoms with Gasteiger partial charge in [-0.2, -0.15) is 0 Å². The van der Waals surface area contributed by atoms with Crippen LogP contribution in [0, 0.1) is 5.82 Å². The Hall–Kier alpha value is -3.17. The summed E-state index contributed by atoms with van der Waals surface area (Å²) in [6.45, 7) is 0.424. The molecule has 0 saturated carbocycles. The minimum Gasteiger partial charge on any atom is -0.394 e. The average molecular weight is 425 g/mol. The van der Waals surface area contributed by atoms with Crippen LogP contribution in [0.25, 0.3) is 11.4 Å². The number of hydrogen-bond donors (Lipinski definition) is 2. The van der Waals surface area contributed by atoms with E-state index in [1.54, 1.807) is 10.9 Å². The molecule has 3 atom stereocenters. The van der Waals surface area contributed by atoms with Crippen molar-refractivity contribution in [3.8, 4) is 11.4 Å². The maximum absolute atomic E-state index is 13.1. The Labute approximate surface area is 179 Å². The monoisotopic (exact) mass is 425 g/mol. The first kappa shape index (κ1) is 21.1. The van der Waals surface area contributed by atoms with Gasteiger partial charge in [0.05, 0.1) is 30.6 Å². The summed E-state index contributed by atoms with van der Waals surface area (Å²) in [5, 5.41) is 21.0. The van der Waals surface area contributed by atoms with Crippen molar-refractivity contribution in [3.63, 3.8) is 0 Å². The first-order valence-corrected chi connectivity index (χ1v) is 10.3. The van der Waals surface area contributed by atoms with Crippen LogP contribution >= 0.6 is 0 Å². The minimum absolute atomic E-state index is 0.0568. The zero-order valence-corrected chi connectivity index (χ0v) is 16.9. The Morgan fingerprint density at radius 3 is 2.77 bits per heavy atom. The molecule has 0 bridgehead atoms. The summed E-state index contributed by atoms with van der Waals surface area (Å²) >= 11 is 0. The van der Waals surface area contributed by atoms with Crippen molar-refractivity contribution in [1.29, 1.82) is 0 Å². The molecule has 1 fully saturated rings. The summed E-state index contributed by atoms with van der Waals surface area (Å²) in [5.41, 5.74) is 1.85. The number of aromatic nitrogens is 4. The molecule has 9 heteroatoms. The molecule has 162 valence electrons. The number of nitrogens with zero attached hydrogens (tertiary/aromatic N) is 4. The van der Waals surface area contributed by atoms with Gasteiger partial charge in [0.25, 0.3) is 5.91 Å². The molecule has 0 unspecified atom stereocenters. The molecule has 2 aromatic heterocycles. The summed E-state index contributed by atoms with van der Waals surface area (Å²) < 4.78 is 20.8. The number of rotatable bonds is 7. The van der Waals surface area contributed by atoms with Crippen molar-refractivity contribution in [1.82, 2.24) is 25.3 Å². The lowest BCUT2D eigenvalue weighted by atomic mass is 9.96. The molecule has 1 aromatic carbocycles. The first-order chi connectivity index (χ1) is 15.1. The number of halogens is 1. The maximum Gasteiger partial charge on any atom is 0.251 e. The van der Waals surface area contributed by atoms with Gasteiger partial charge in [0.2, 0.25) is 0 Å². The summed E-state index contributed by atoms with van der Waals surface area (Å²) in [4.78, 5) is 16.7. The van der Waals surface area contributed by atoms with Gasteiger partial charge < -0.3 is 15.2 Å². The normalized spacial score (nSPS) is 21.0. The molecule has 3 heterocycles. The van der Waals surface area contributed by atoms with Crippen LogP contribution in [0.15, 0.2) is 54.9 Å². The van der Waals surface area contributed by atoms with Gasteiger partial charge in [-0.1, -0.05) is 11.3 Å². The molecule has 0 aliphatic carbocycles. The molecule has 1 aliphatic rings. The summed E-state index contributed by atoms with van der Waals surface area (Å²) in [7, 11) is 0.